The Balaban J connectivity index is 1.57. The van der Waals surface area contributed by atoms with E-state index in [0.29, 0.717) is 22.7 Å². The van der Waals surface area contributed by atoms with Gasteiger partial charge in [-0.25, -0.2) is 0 Å². The summed E-state index contributed by atoms with van der Waals surface area (Å²) in [6.45, 7) is 0.00942. The van der Waals surface area contributed by atoms with E-state index in [9.17, 15) is 14.9 Å². The van der Waals surface area contributed by atoms with Crippen LogP contribution in [0.5, 0.6) is 11.5 Å². The molecule has 138 valence electrons. The zero-order valence-corrected chi connectivity index (χ0v) is 14.6. The van der Waals surface area contributed by atoms with Crippen molar-refractivity contribution >= 4 is 35.0 Å². The van der Waals surface area contributed by atoms with Gasteiger partial charge < -0.3 is 14.8 Å². The van der Waals surface area contributed by atoms with Crippen LogP contribution in [0.25, 0.3) is 6.08 Å². The second-order valence-corrected chi connectivity index (χ2v) is 6.33. The molecule has 2 aliphatic rings. The molecule has 0 aromatic heterocycles. The molecule has 1 aromatic rings. The average Bonchev–Trinajstić information content (AvgIpc) is 3.28. The van der Waals surface area contributed by atoms with Gasteiger partial charge in [0.25, 0.3) is 11.6 Å². The Morgan fingerprint density at radius 3 is 2.62 bits per heavy atom. The summed E-state index contributed by atoms with van der Waals surface area (Å²) in [6.07, 6.45) is 6.97. The van der Waals surface area contributed by atoms with E-state index in [1.807, 2.05) is 0 Å². The molecule has 1 saturated carbocycles. The lowest BCUT2D eigenvalue weighted by Gasteiger charge is -2.15. The molecule has 0 saturated heterocycles. The minimum atomic E-state index is -0.543. The first kappa shape index (κ1) is 17.9. The third-order valence-corrected chi connectivity index (χ3v) is 4.34. The van der Waals surface area contributed by atoms with Crippen molar-refractivity contribution in [1.82, 2.24) is 16.2 Å². The summed E-state index contributed by atoms with van der Waals surface area (Å²) in [7, 11) is 0. The molecule has 26 heavy (non-hydrogen) atoms. The predicted molar refractivity (Wildman–Crippen MR) is 97.5 cm³/mol. The summed E-state index contributed by atoms with van der Waals surface area (Å²) in [5.74, 6) is 0.214. The molecule has 1 aliphatic heterocycles. The highest BCUT2D eigenvalue weighted by atomic mass is 32.1. The summed E-state index contributed by atoms with van der Waals surface area (Å²) >= 11 is 5.11. The van der Waals surface area contributed by atoms with E-state index in [1.165, 1.54) is 37.1 Å². The van der Waals surface area contributed by atoms with Crippen LogP contribution in [0.3, 0.4) is 0 Å². The fourth-order valence-corrected chi connectivity index (χ4v) is 3.07. The molecule has 3 rings (SSSR count). The van der Waals surface area contributed by atoms with Crippen molar-refractivity contribution in [1.29, 1.82) is 0 Å². The highest BCUT2D eigenvalue weighted by Gasteiger charge is 2.22. The Labute approximate surface area is 154 Å². The molecular weight excluding hydrogens is 360 g/mol. The summed E-state index contributed by atoms with van der Waals surface area (Å²) in [5.41, 5.74) is 5.10. The van der Waals surface area contributed by atoms with E-state index >= 15 is 0 Å². The van der Waals surface area contributed by atoms with Gasteiger partial charge in [0.15, 0.2) is 16.6 Å². The second-order valence-electron chi connectivity index (χ2n) is 5.92. The third-order valence-electron chi connectivity index (χ3n) is 4.12. The van der Waals surface area contributed by atoms with Crippen LogP contribution in [0.1, 0.15) is 31.2 Å². The van der Waals surface area contributed by atoms with Gasteiger partial charge in [-0.1, -0.05) is 12.8 Å². The number of hydrogen-bond donors (Lipinski definition) is 3. The smallest absolute Gasteiger partial charge is 0.280 e. The maximum atomic E-state index is 11.9. The molecule has 1 heterocycles. The molecular formula is C16H18N4O5S. The van der Waals surface area contributed by atoms with Crippen molar-refractivity contribution in [3.05, 3.63) is 33.9 Å². The van der Waals surface area contributed by atoms with Crippen molar-refractivity contribution < 1.29 is 19.2 Å². The van der Waals surface area contributed by atoms with Crippen LogP contribution < -0.4 is 25.6 Å². The SMILES string of the molecule is O=C(/C=C/c1cc2c(cc1[N+](=O)[O-])OCO2)NNC(=S)NC1CCCC1. The van der Waals surface area contributed by atoms with E-state index < -0.39 is 10.8 Å². The summed E-state index contributed by atoms with van der Waals surface area (Å²) in [5, 5.41) is 14.6. The average molecular weight is 378 g/mol. The number of nitrogens with zero attached hydrogens (tertiary/aromatic N) is 1. The summed E-state index contributed by atoms with van der Waals surface area (Å²) < 4.78 is 10.3. The molecule has 3 N–H and O–H groups in total. The van der Waals surface area contributed by atoms with Gasteiger partial charge in [0.1, 0.15) is 0 Å². The Bertz CT molecular complexity index is 761. The zero-order chi connectivity index (χ0) is 18.5. The summed E-state index contributed by atoms with van der Waals surface area (Å²) in [6, 6.07) is 3.07. The topological polar surface area (TPSA) is 115 Å². The zero-order valence-electron chi connectivity index (χ0n) is 13.8. The first-order chi connectivity index (χ1) is 12.5. The number of fused-ring (bicyclic) bond motifs is 1. The molecule has 9 nitrogen and oxygen atoms in total. The monoisotopic (exact) mass is 378 g/mol. The van der Waals surface area contributed by atoms with E-state index in [1.54, 1.807) is 0 Å². The maximum Gasteiger partial charge on any atom is 0.280 e. The van der Waals surface area contributed by atoms with Crippen molar-refractivity contribution in [2.45, 2.75) is 31.7 Å². The van der Waals surface area contributed by atoms with Crippen molar-refractivity contribution in [3.8, 4) is 11.5 Å². The number of nitro groups is 1. The predicted octanol–water partition coefficient (Wildman–Crippen LogP) is 1.77. The number of nitro benzene ring substituents is 1. The Kier molecular flexibility index (Phi) is 5.52. The van der Waals surface area contributed by atoms with Crippen LogP contribution in [0, 0.1) is 10.1 Å². The van der Waals surface area contributed by atoms with Gasteiger partial charge in [-0.3, -0.25) is 25.8 Å². The van der Waals surface area contributed by atoms with E-state index in [4.69, 9.17) is 21.7 Å². The van der Waals surface area contributed by atoms with Crippen LogP contribution in [-0.4, -0.2) is 28.8 Å². The Morgan fingerprint density at radius 2 is 1.92 bits per heavy atom. The molecule has 0 radical (unpaired) electrons. The number of thiocarbonyl (C=S) groups is 1. The molecule has 0 unspecified atom stereocenters. The number of hydrogen-bond acceptors (Lipinski definition) is 6. The third kappa shape index (κ3) is 4.39. The molecule has 0 atom stereocenters. The minimum Gasteiger partial charge on any atom is -0.454 e. The highest BCUT2D eigenvalue weighted by Crippen LogP contribution is 2.38. The van der Waals surface area contributed by atoms with Crippen LogP contribution in [0.2, 0.25) is 0 Å². The number of carbonyl (C=O) groups is 1. The quantitative estimate of drug-likeness (QED) is 0.314. The van der Waals surface area contributed by atoms with Gasteiger partial charge in [-0.15, -0.1) is 0 Å². The number of carbonyl (C=O) groups excluding carboxylic acids is 1. The van der Waals surface area contributed by atoms with Gasteiger partial charge in [-0.2, -0.15) is 0 Å². The first-order valence-corrected chi connectivity index (χ1v) is 8.56. The molecule has 1 aromatic carbocycles. The van der Waals surface area contributed by atoms with Crippen LogP contribution in [0.15, 0.2) is 18.2 Å². The summed E-state index contributed by atoms with van der Waals surface area (Å²) in [4.78, 5) is 22.5. The number of benzene rings is 1. The van der Waals surface area contributed by atoms with Crippen LogP contribution in [-0.2, 0) is 4.79 Å². The number of rotatable bonds is 4. The molecule has 1 fully saturated rings. The fourth-order valence-electron chi connectivity index (χ4n) is 2.86. The van der Waals surface area contributed by atoms with Crippen molar-refractivity contribution in [3.63, 3.8) is 0 Å². The normalized spacial score (nSPS) is 15.8. The van der Waals surface area contributed by atoms with Gasteiger partial charge in [0.2, 0.25) is 6.79 Å². The first-order valence-electron chi connectivity index (χ1n) is 8.15. The lowest BCUT2D eigenvalue weighted by molar-refractivity contribution is -0.385. The van der Waals surface area contributed by atoms with Crippen LogP contribution >= 0.6 is 12.2 Å². The van der Waals surface area contributed by atoms with E-state index in [2.05, 4.69) is 16.2 Å². The lowest BCUT2D eigenvalue weighted by Crippen LogP contribution is -2.48. The minimum absolute atomic E-state index is 0.00942. The fraction of sp³-hybridized carbons (Fsp3) is 0.375. The lowest BCUT2D eigenvalue weighted by atomic mass is 10.1. The molecule has 0 spiro atoms. The van der Waals surface area contributed by atoms with E-state index in [0.717, 1.165) is 12.8 Å². The van der Waals surface area contributed by atoms with Gasteiger partial charge in [0.05, 0.1) is 16.6 Å². The number of nitrogens with one attached hydrogen (secondary N) is 3. The highest BCUT2D eigenvalue weighted by molar-refractivity contribution is 7.80. The van der Waals surface area contributed by atoms with Gasteiger partial charge in [0, 0.05) is 12.1 Å². The Hall–Kier alpha value is -2.88. The molecule has 0 bridgehead atoms. The molecule has 1 aliphatic carbocycles. The largest absolute Gasteiger partial charge is 0.454 e. The van der Waals surface area contributed by atoms with Crippen molar-refractivity contribution in [2.75, 3.05) is 6.79 Å². The van der Waals surface area contributed by atoms with Gasteiger partial charge >= 0.3 is 0 Å². The second kappa shape index (κ2) is 8.00. The Morgan fingerprint density at radius 1 is 1.23 bits per heavy atom. The molecule has 1 amide bonds. The van der Waals surface area contributed by atoms with E-state index in [-0.39, 0.29) is 18.0 Å². The number of ether oxygens (including phenoxy) is 2. The standard InChI is InChI=1S/C16H18N4O5S/c21-15(18-19-16(26)17-11-3-1-2-4-11)6-5-10-7-13-14(25-9-24-13)8-12(10)20(22)23/h5-8,11H,1-4,9H2,(H,18,21)(H2,17,19,26)/b6-5+. The number of hydrazine groups is 1. The van der Waals surface area contributed by atoms with Crippen molar-refractivity contribution in [2.24, 2.45) is 0 Å². The van der Waals surface area contributed by atoms with Gasteiger partial charge in [-0.05, 0) is 37.2 Å². The van der Waals surface area contributed by atoms with Crippen LogP contribution in [0.4, 0.5) is 5.69 Å². The molecule has 10 heteroatoms. The maximum absolute atomic E-state index is 11.9. The number of amides is 1.